The van der Waals surface area contributed by atoms with Crippen molar-refractivity contribution in [2.75, 3.05) is 20.2 Å². The highest BCUT2D eigenvalue weighted by molar-refractivity contribution is 6.45. The SMILES string of the molecule is COc1ccc2c(C(=O)C(=O)NCC(=O)N(CC(=O)N(C3CCCCC3)C3CCCCC3)C3CC3)c[nH]c2c1. The second-order valence-electron chi connectivity index (χ2n) is 11.3. The largest absolute Gasteiger partial charge is 0.497 e. The van der Waals surface area contributed by atoms with Crippen LogP contribution < -0.4 is 10.1 Å². The minimum absolute atomic E-state index is 0.0252. The number of ether oxygens (including phenoxy) is 1. The molecular weight excluding hydrogens is 496 g/mol. The number of Topliss-reactive ketones (excluding diaryl/α,β-unsaturated/α-hetero) is 1. The quantitative estimate of drug-likeness (QED) is 0.353. The maximum absolute atomic E-state index is 13.7. The van der Waals surface area contributed by atoms with Crippen molar-refractivity contribution in [2.45, 2.75) is 95.2 Å². The zero-order chi connectivity index (χ0) is 27.4. The van der Waals surface area contributed by atoms with Crippen LogP contribution in [0.3, 0.4) is 0 Å². The highest BCUT2D eigenvalue weighted by atomic mass is 16.5. The number of hydrogen-bond acceptors (Lipinski definition) is 5. The molecule has 1 aromatic heterocycles. The van der Waals surface area contributed by atoms with E-state index in [9.17, 15) is 19.2 Å². The highest BCUT2D eigenvalue weighted by Gasteiger charge is 2.38. The number of H-pyrrole nitrogens is 1. The Labute approximate surface area is 229 Å². The van der Waals surface area contributed by atoms with Gasteiger partial charge in [-0.05, 0) is 50.7 Å². The maximum Gasteiger partial charge on any atom is 0.292 e. The Kier molecular flexibility index (Phi) is 8.53. The molecule has 3 aliphatic carbocycles. The van der Waals surface area contributed by atoms with Crippen molar-refractivity contribution in [2.24, 2.45) is 0 Å². The summed E-state index contributed by atoms with van der Waals surface area (Å²) in [6, 6.07) is 5.75. The average molecular weight is 537 g/mol. The van der Waals surface area contributed by atoms with Crippen LogP contribution in [-0.4, -0.2) is 76.6 Å². The molecule has 0 radical (unpaired) electrons. The van der Waals surface area contributed by atoms with Crippen LogP contribution in [-0.2, 0) is 14.4 Å². The third-order valence-corrected chi connectivity index (χ3v) is 8.58. The van der Waals surface area contributed by atoms with Crippen molar-refractivity contribution in [1.29, 1.82) is 0 Å². The predicted octanol–water partition coefficient (Wildman–Crippen LogP) is 3.96. The van der Waals surface area contributed by atoms with Gasteiger partial charge in [0.1, 0.15) is 12.3 Å². The van der Waals surface area contributed by atoms with E-state index in [2.05, 4.69) is 15.2 Å². The molecule has 210 valence electrons. The van der Waals surface area contributed by atoms with E-state index in [1.54, 1.807) is 30.2 Å². The maximum atomic E-state index is 13.7. The average Bonchev–Trinajstić information content (AvgIpc) is 3.73. The summed E-state index contributed by atoms with van der Waals surface area (Å²) < 4.78 is 5.21. The molecule has 0 atom stereocenters. The van der Waals surface area contributed by atoms with E-state index in [-0.39, 0.29) is 48.6 Å². The van der Waals surface area contributed by atoms with Crippen molar-refractivity contribution < 1.29 is 23.9 Å². The molecule has 3 saturated carbocycles. The molecule has 0 unspecified atom stereocenters. The van der Waals surface area contributed by atoms with Gasteiger partial charge in [-0.25, -0.2) is 0 Å². The van der Waals surface area contributed by atoms with E-state index >= 15 is 0 Å². The van der Waals surface area contributed by atoms with Gasteiger partial charge in [-0.15, -0.1) is 0 Å². The standard InChI is InChI=1S/C30H40N4O5/c1-39-23-14-15-24-25(17-31-26(24)16-23)29(37)30(38)32-18-27(35)33(20-12-13-20)19-28(36)34(21-8-4-2-5-9-21)22-10-6-3-7-11-22/h14-17,20-22,31H,2-13,18-19H2,1H3,(H,32,38). The number of carbonyl (C=O) groups is 4. The van der Waals surface area contributed by atoms with E-state index in [1.807, 2.05) is 0 Å². The van der Waals surface area contributed by atoms with Crippen LogP contribution in [0.25, 0.3) is 10.9 Å². The number of hydrogen-bond donors (Lipinski definition) is 2. The smallest absolute Gasteiger partial charge is 0.292 e. The molecule has 3 aliphatic rings. The molecule has 5 rings (SSSR count). The number of nitrogens with one attached hydrogen (secondary N) is 2. The topological polar surface area (TPSA) is 112 Å². The Morgan fingerprint density at radius 1 is 0.872 bits per heavy atom. The van der Waals surface area contributed by atoms with Crippen molar-refractivity contribution in [1.82, 2.24) is 20.1 Å². The van der Waals surface area contributed by atoms with Gasteiger partial charge in [0.15, 0.2) is 0 Å². The van der Waals surface area contributed by atoms with E-state index in [4.69, 9.17) is 4.74 Å². The molecule has 0 aliphatic heterocycles. The highest BCUT2D eigenvalue weighted by Crippen LogP contribution is 2.32. The summed E-state index contributed by atoms with van der Waals surface area (Å²) in [7, 11) is 1.56. The third-order valence-electron chi connectivity index (χ3n) is 8.58. The normalized spacial score (nSPS) is 18.5. The summed E-state index contributed by atoms with van der Waals surface area (Å²) in [6.07, 6.45) is 14.4. The van der Waals surface area contributed by atoms with E-state index in [0.29, 0.717) is 16.7 Å². The zero-order valence-corrected chi connectivity index (χ0v) is 22.9. The Bertz CT molecular complexity index is 1190. The summed E-state index contributed by atoms with van der Waals surface area (Å²) in [5.41, 5.74) is 0.919. The first-order valence-electron chi connectivity index (χ1n) is 14.5. The first-order valence-corrected chi connectivity index (χ1v) is 14.5. The van der Waals surface area contributed by atoms with Gasteiger partial charge in [-0.1, -0.05) is 38.5 Å². The molecule has 9 nitrogen and oxygen atoms in total. The molecular formula is C30H40N4O5. The van der Waals surface area contributed by atoms with Crippen molar-refractivity contribution in [3.05, 3.63) is 30.0 Å². The number of methoxy groups -OCH3 is 1. The lowest BCUT2D eigenvalue weighted by Crippen LogP contribution is -2.54. The van der Waals surface area contributed by atoms with Gasteiger partial charge >= 0.3 is 0 Å². The van der Waals surface area contributed by atoms with Crippen LogP contribution in [0, 0.1) is 0 Å². The van der Waals surface area contributed by atoms with Gasteiger partial charge in [0, 0.05) is 41.3 Å². The summed E-state index contributed by atoms with van der Waals surface area (Å²) >= 11 is 0. The summed E-state index contributed by atoms with van der Waals surface area (Å²) in [6.45, 7) is -0.262. The number of aromatic amines is 1. The minimum atomic E-state index is -0.840. The second-order valence-corrected chi connectivity index (χ2v) is 11.3. The number of carbonyl (C=O) groups excluding carboxylic acids is 4. The van der Waals surface area contributed by atoms with Crippen LogP contribution in [0.4, 0.5) is 0 Å². The Hall–Kier alpha value is -3.36. The molecule has 0 saturated heterocycles. The number of benzene rings is 1. The molecule has 2 aromatic rings. The lowest BCUT2D eigenvalue weighted by atomic mass is 9.88. The molecule has 3 amide bonds. The zero-order valence-electron chi connectivity index (χ0n) is 22.9. The van der Waals surface area contributed by atoms with Crippen LogP contribution >= 0.6 is 0 Å². The van der Waals surface area contributed by atoms with Crippen molar-refractivity contribution in [3.8, 4) is 5.75 Å². The summed E-state index contributed by atoms with van der Waals surface area (Å²) in [5, 5.41) is 3.12. The number of ketones is 1. The van der Waals surface area contributed by atoms with E-state index < -0.39 is 11.7 Å². The molecule has 0 spiro atoms. The minimum Gasteiger partial charge on any atom is -0.497 e. The molecule has 0 bridgehead atoms. The van der Waals surface area contributed by atoms with Crippen LogP contribution in [0.5, 0.6) is 5.75 Å². The Morgan fingerprint density at radius 2 is 1.51 bits per heavy atom. The van der Waals surface area contributed by atoms with Crippen LogP contribution in [0.15, 0.2) is 24.4 Å². The van der Waals surface area contributed by atoms with E-state index in [1.165, 1.54) is 19.0 Å². The first-order chi connectivity index (χ1) is 19.0. The van der Waals surface area contributed by atoms with Crippen LogP contribution in [0.1, 0.15) is 87.4 Å². The first kappa shape index (κ1) is 27.2. The van der Waals surface area contributed by atoms with Gasteiger partial charge in [0.25, 0.3) is 11.7 Å². The van der Waals surface area contributed by atoms with Gasteiger partial charge in [-0.3, -0.25) is 19.2 Å². The third kappa shape index (κ3) is 6.28. The summed E-state index contributed by atoms with van der Waals surface area (Å²) in [5.74, 6) is -1.20. The van der Waals surface area contributed by atoms with Gasteiger partial charge < -0.3 is 24.8 Å². The summed E-state index contributed by atoms with van der Waals surface area (Å²) in [4.78, 5) is 59.3. The Balaban J connectivity index is 1.22. The monoisotopic (exact) mass is 536 g/mol. The van der Waals surface area contributed by atoms with Gasteiger partial charge in [0.2, 0.25) is 11.8 Å². The van der Waals surface area contributed by atoms with Crippen molar-refractivity contribution >= 4 is 34.4 Å². The van der Waals surface area contributed by atoms with Crippen molar-refractivity contribution in [3.63, 3.8) is 0 Å². The van der Waals surface area contributed by atoms with Gasteiger partial charge in [-0.2, -0.15) is 0 Å². The number of fused-ring (bicyclic) bond motifs is 1. The molecule has 2 N–H and O–H groups in total. The fraction of sp³-hybridized carbons (Fsp3) is 0.600. The fourth-order valence-corrected chi connectivity index (χ4v) is 6.34. The molecule has 9 heteroatoms. The fourth-order valence-electron chi connectivity index (χ4n) is 6.34. The van der Waals surface area contributed by atoms with Crippen LogP contribution in [0.2, 0.25) is 0 Å². The van der Waals surface area contributed by atoms with Gasteiger partial charge in [0.05, 0.1) is 19.2 Å². The molecule has 39 heavy (non-hydrogen) atoms. The number of aromatic nitrogens is 1. The lowest BCUT2D eigenvalue weighted by molar-refractivity contribution is -0.145. The molecule has 1 heterocycles. The number of rotatable bonds is 10. The second kappa shape index (κ2) is 12.2. The van der Waals surface area contributed by atoms with E-state index in [0.717, 1.165) is 64.2 Å². The number of nitrogens with zero attached hydrogens (tertiary/aromatic N) is 2. The lowest BCUT2D eigenvalue weighted by Gasteiger charge is -2.42. The number of amides is 3. The molecule has 3 fully saturated rings. The molecule has 1 aromatic carbocycles. The Morgan fingerprint density at radius 3 is 2.10 bits per heavy atom. The predicted molar refractivity (Wildman–Crippen MR) is 148 cm³/mol.